The Hall–Kier alpha value is -2.66. The molecule has 0 radical (unpaired) electrons. The smallest absolute Gasteiger partial charge is 0.254 e. The van der Waals surface area contributed by atoms with E-state index in [1.54, 1.807) is 29.3 Å². The number of ether oxygens (including phenoxy) is 3. The Morgan fingerprint density at radius 3 is 2.97 bits per heavy atom. The van der Waals surface area contributed by atoms with E-state index < -0.39 is 0 Å². The number of thiophene rings is 1. The Bertz CT molecular complexity index is 1060. The fourth-order valence-corrected chi connectivity index (χ4v) is 4.39. The number of hydrogen-bond acceptors (Lipinski definition) is 8. The lowest BCUT2D eigenvalue weighted by atomic mass is 10.2. The molecule has 1 aliphatic rings. The predicted octanol–water partition coefficient (Wildman–Crippen LogP) is 2.30. The van der Waals surface area contributed by atoms with Gasteiger partial charge in [0.1, 0.15) is 0 Å². The highest BCUT2D eigenvalue weighted by Gasteiger charge is 2.22. The molecule has 3 aromatic heterocycles. The Morgan fingerprint density at radius 1 is 1.39 bits per heavy atom. The molecule has 0 spiro atoms. The quantitative estimate of drug-likeness (QED) is 0.598. The summed E-state index contributed by atoms with van der Waals surface area (Å²) in [5.41, 5.74) is 2.87. The van der Waals surface area contributed by atoms with Gasteiger partial charge < -0.3 is 19.5 Å². The van der Waals surface area contributed by atoms with Crippen molar-refractivity contribution in [3.05, 3.63) is 45.5 Å². The predicted molar refractivity (Wildman–Crippen MR) is 116 cm³/mol. The molecule has 1 aliphatic heterocycles. The van der Waals surface area contributed by atoms with E-state index >= 15 is 0 Å². The van der Waals surface area contributed by atoms with Crippen LogP contribution in [0.2, 0.25) is 0 Å². The van der Waals surface area contributed by atoms with E-state index in [0.717, 1.165) is 11.3 Å². The molecule has 3 aromatic rings. The van der Waals surface area contributed by atoms with Crippen LogP contribution in [-0.4, -0.2) is 65.2 Å². The maximum atomic E-state index is 12.8. The fourth-order valence-electron chi connectivity index (χ4n) is 3.45. The molecule has 0 bridgehead atoms. The highest BCUT2D eigenvalue weighted by Crippen LogP contribution is 2.29. The highest BCUT2D eigenvalue weighted by molar-refractivity contribution is 7.12. The summed E-state index contributed by atoms with van der Waals surface area (Å²) in [6.45, 7) is 6.27. The maximum absolute atomic E-state index is 12.8. The summed E-state index contributed by atoms with van der Waals surface area (Å²) in [6.07, 6.45) is 3.05. The van der Waals surface area contributed by atoms with Gasteiger partial charge in [0.25, 0.3) is 11.9 Å². The zero-order valence-electron chi connectivity index (χ0n) is 17.8. The molecule has 1 amide bonds. The molecule has 10 heteroatoms. The summed E-state index contributed by atoms with van der Waals surface area (Å²) in [4.78, 5) is 24.3. The lowest BCUT2D eigenvalue weighted by Gasteiger charge is -2.23. The van der Waals surface area contributed by atoms with Crippen LogP contribution in [0.5, 0.6) is 0 Å². The number of nitrogens with zero attached hydrogens (tertiary/aromatic N) is 4. The van der Waals surface area contributed by atoms with Crippen molar-refractivity contribution in [2.45, 2.75) is 26.6 Å². The van der Waals surface area contributed by atoms with E-state index in [2.05, 4.69) is 35.3 Å². The second kappa shape index (κ2) is 9.65. The highest BCUT2D eigenvalue weighted by atomic mass is 32.1. The van der Waals surface area contributed by atoms with Crippen LogP contribution in [0.1, 0.15) is 25.8 Å². The van der Waals surface area contributed by atoms with Gasteiger partial charge in [-0.15, -0.1) is 11.3 Å². The minimum atomic E-state index is -0.257. The number of aryl methyl sites for hydroxylation is 2. The van der Waals surface area contributed by atoms with Gasteiger partial charge in [-0.1, -0.05) is 0 Å². The van der Waals surface area contributed by atoms with Gasteiger partial charge in [0, 0.05) is 35.2 Å². The molecule has 1 unspecified atom stereocenters. The second-order valence-corrected chi connectivity index (χ2v) is 8.66. The van der Waals surface area contributed by atoms with Crippen molar-refractivity contribution in [2.75, 3.05) is 33.5 Å². The first-order valence-electron chi connectivity index (χ1n) is 10.0. The minimum absolute atomic E-state index is 0.157. The number of methoxy groups -OCH3 is 1. The zero-order valence-corrected chi connectivity index (χ0v) is 18.6. The van der Waals surface area contributed by atoms with E-state index in [1.807, 2.05) is 6.07 Å². The molecule has 1 atom stereocenters. The largest absolute Gasteiger partial charge is 0.378 e. The Balaban J connectivity index is 1.59. The number of aromatic nitrogens is 4. The molecule has 31 heavy (non-hydrogen) atoms. The van der Waals surface area contributed by atoms with Crippen molar-refractivity contribution in [1.82, 2.24) is 25.1 Å². The third kappa shape index (κ3) is 4.82. The summed E-state index contributed by atoms with van der Waals surface area (Å²) in [7, 11) is 1.57. The van der Waals surface area contributed by atoms with E-state index in [-0.39, 0.29) is 18.6 Å². The number of rotatable bonds is 7. The van der Waals surface area contributed by atoms with Crippen molar-refractivity contribution < 1.29 is 19.0 Å². The van der Waals surface area contributed by atoms with Crippen LogP contribution in [0.25, 0.3) is 17.2 Å². The van der Waals surface area contributed by atoms with Crippen molar-refractivity contribution in [3.63, 3.8) is 0 Å². The van der Waals surface area contributed by atoms with Crippen LogP contribution in [0.4, 0.5) is 0 Å². The number of carbonyl (C=O) groups is 1. The molecule has 1 N–H and O–H groups in total. The molecule has 164 valence electrons. The molecule has 4 rings (SSSR count). The first kappa shape index (κ1) is 21.6. The summed E-state index contributed by atoms with van der Waals surface area (Å²) in [5.74, 6) is 0.129. The Kier molecular flexibility index (Phi) is 6.71. The molecule has 1 fully saturated rings. The average Bonchev–Trinajstić information content (AvgIpc) is 3.35. The topological polar surface area (TPSA) is 100 Å². The van der Waals surface area contributed by atoms with Crippen LogP contribution in [0, 0.1) is 13.8 Å². The van der Waals surface area contributed by atoms with Gasteiger partial charge in [-0.25, -0.2) is 9.97 Å². The molecule has 4 heterocycles. The Morgan fingerprint density at radius 2 is 2.26 bits per heavy atom. The van der Waals surface area contributed by atoms with E-state index in [4.69, 9.17) is 19.2 Å². The van der Waals surface area contributed by atoms with Gasteiger partial charge in [-0.2, -0.15) is 9.78 Å². The first-order chi connectivity index (χ1) is 15.1. The van der Waals surface area contributed by atoms with Gasteiger partial charge in [0.2, 0.25) is 0 Å². The second-order valence-electron chi connectivity index (χ2n) is 7.20. The monoisotopic (exact) mass is 443 g/mol. The van der Waals surface area contributed by atoms with Crippen molar-refractivity contribution in [2.24, 2.45) is 0 Å². The Labute approximate surface area is 184 Å². The maximum Gasteiger partial charge on any atom is 0.254 e. The SMILES string of the molecule is COCc1c(C(=O)NCC2COCCO2)cnn1-c1nccc(-c2cc(C)sc2C)n1. The van der Waals surface area contributed by atoms with Crippen LogP contribution in [-0.2, 0) is 20.8 Å². The summed E-state index contributed by atoms with van der Waals surface area (Å²) >= 11 is 1.73. The van der Waals surface area contributed by atoms with Gasteiger partial charge in [-0.05, 0) is 26.0 Å². The lowest BCUT2D eigenvalue weighted by Crippen LogP contribution is -2.39. The lowest BCUT2D eigenvalue weighted by molar-refractivity contribution is -0.0855. The normalized spacial score (nSPS) is 16.4. The number of nitrogens with one attached hydrogen (secondary N) is 1. The third-order valence-corrected chi connectivity index (χ3v) is 5.88. The van der Waals surface area contributed by atoms with Gasteiger partial charge in [0.15, 0.2) is 0 Å². The molecular weight excluding hydrogens is 418 g/mol. The number of amides is 1. The fraction of sp³-hybridized carbons (Fsp3) is 0.429. The molecule has 9 nitrogen and oxygen atoms in total. The van der Waals surface area contributed by atoms with Crippen LogP contribution in [0.3, 0.4) is 0 Å². The average molecular weight is 444 g/mol. The summed E-state index contributed by atoms with van der Waals surface area (Å²) < 4.78 is 17.8. The summed E-state index contributed by atoms with van der Waals surface area (Å²) in [5, 5.41) is 7.27. The van der Waals surface area contributed by atoms with Gasteiger partial charge in [0.05, 0.1) is 55.7 Å². The minimum Gasteiger partial charge on any atom is -0.378 e. The van der Waals surface area contributed by atoms with Crippen molar-refractivity contribution in [3.8, 4) is 17.2 Å². The van der Waals surface area contributed by atoms with Gasteiger partial charge >= 0.3 is 0 Å². The van der Waals surface area contributed by atoms with Gasteiger partial charge in [-0.3, -0.25) is 4.79 Å². The van der Waals surface area contributed by atoms with Crippen molar-refractivity contribution >= 4 is 17.2 Å². The molecule has 1 saturated heterocycles. The van der Waals surface area contributed by atoms with Crippen LogP contribution in [0.15, 0.2) is 24.5 Å². The van der Waals surface area contributed by atoms with Crippen LogP contribution < -0.4 is 5.32 Å². The summed E-state index contributed by atoms with van der Waals surface area (Å²) in [6, 6.07) is 3.98. The third-order valence-electron chi connectivity index (χ3n) is 4.92. The van der Waals surface area contributed by atoms with E-state index in [0.29, 0.717) is 43.6 Å². The van der Waals surface area contributed by atoms with E-state index in [1.165, 1.54) is 16.0 Å². The standard InChI is InChI=1S/C21H25N5O4S/c1-13-8-16(14(2)31-13)18-4-5-22-21(25-18)26-19(12-28-3)17(10-24-26)20(27)23-9-15-11-29-6-7-30-15/h4-5,8,10,15H,6-7,9,11-12H2,1-3H3,(H,23,27). The first-order valence-corrected chi connectivity index (χ1v) is 10.8. The number of hydrogen-bond donors (Lipinski definition) is 1. The molecular formula is C21H25N5O4S. The van der Waals surface area contributed by atoms with Crippen molar-refractivity contribution in [1.29, 1.82) is 0 Å². The molecule has 0 saturated carbocycles. The molecule has 0 aliphatic carbocycles. The molecule has 0 aromatic carbocycles. The number of carbonyl (C=O) groups excluding carboxylic acids is 1. The zero-order chi connectivity index (χ0) is 21.8. The van der Waals surface area contributed by atoms with E-state index in [9.17, 15) is 4.79 Å². The van der Waals surface area contributed by atoms with Crippen LogP contribution >= 0.6 is 11.3 Å².